The van der Waals surface area contributed by atoms with Gasteiger partial charge in [0.15, 0.2) is 5.16 Å². The summed E-state index contributed by atoms with van der Waals surface area (Å²) in [6.45, 7) is 4.02. The number of rotatable bonds is 2. The molecule has 0 amide bonds. The van der Waals surface area contributed by atoms with Crippen molar-refractivity contribution in [3.63, 3.8) is 0 Å². The topological polar surface area (TPSA) is 64.7 Å². The standard InChI is InChI=1S/C11H12N4S/c1-7-3-8(2)15-10(4-7)16-11-13-5-9(12)6-14-11/h3-6H,12H2,1-2H3. The average Bonchev–Trinajstić information content (AvgIpc) is 2.20. The molecule has 82 valence electrons. The third-order valence-corrected chi connectivity index (χ3v) is 2.73. The first-order valence-corrected chi connectivity index (χ1v) is 5.66. The first kappa shape index (κ1) is 10.9. The van der Waals surface area contributed by atoms with Crippen molar-refractivity contribution in [2.24, 2.45) is 0 Å². The van der Waals surface area contributed by atoms with Crippen molar-refractivity contribution in [1.82, 2.24) is 15.0 Å². The van der Waals surface area contributed by atoms with E-state index in [2.05, 4.69) is 15.0 Å². The number of hydrogen-bond donors (Lipinski definition) is 1. The molecule has 0 saturated carbocycles. The van der Waals surface area contributed by atoms with Crippen LogP contribution in [-0.2, 0) is 0 Å². The molecule has 4 nitrogen and oxygen atoms in total. The van der Waals surface area contributed by atoms with Crippen molar-refractivity contribution in [1.29, 1.82) is 0 Å². The maximum atomic E-state index is 5.52. The number of anilines is 1. The first-order valence-electron chi connectivity index (χ1n) is 4.84. The Hall–Kier alpha value is -1.62. The average molecular weight is 232 g/mol. The summed E-state index contributed by atoms with van der Waals surface area (Å²) in [6.07, 6.45) is 3.19. The Labute approximate surface area is 98.3 Å². The van der Waals surface area contributed by atoms with Crippen LogP contribution in [0.5, 0.6) is 0 Å². The molecular weight excluding hydrogens is 220 g/mol. The fourth-order valence-electron chi connectivity index (χ4n) is 1.33. The Morgan fingerprint density at radius 3 is 2.44 bits per heavy atom. The smallest absolute Gasteiger partial charge is 0.193 e. The summed E-state index contributed by atoms with van der Waals surface area (Å²) in [5.74, 6) is 0. The predicted octanol–water partition coefficient (Wildman–Crippen LogP) is 2.22. The summed E-state index contributed by atoms with van der Waals surface area (Å²) < 4.78 is 0. The van der Waals surface area contributed by atoms with Crippen molar-refractivity contribution in [2.45, 2.75) is 24.0 Å². The van der Waals surface area contributed by atoms with Gasteiger partial charge in [-0.25, -0.2) is 15.0 Å². The van der Waals surface area contributed by atoms with Crippen molar-refractivity contribution < 1.29 is 0 Å². The minimum atomic E-state index is 0.567. The van der Waals surface area contributed by atoms with Crippen LogP contribution in [-0.4, -0.2) is 15.0 Å². The molecule has 0 saturated heterocycles. The third-order valence-electron chi connectivity index (χ3n) is 1.92. The number of aromatic nitrogens is 3. The molecule has 0 radical (unpaired) electrons. The third kappa shape index (κ3) is 2.70. The highest BCUT2D eigenvalue weighted by Crippen LogP contribution is 2.23. The van der Waals surface area contributed by atoms with Gasteiger partial charge in [-0.05, 0) is 43.3 Å². The van der Waals surface area contributed by atoms with Crippen molar-refractivity contribution >= 4 is 17.4 Å². The fourth-order valence-corrected chi connectivity index (χ4v) is 2.16. The summed E-state index contributed by atoms with van der Waals surface area (Å²) >= 11 is 1.44. The van der Waals surface area contributed by atoms with Crippen LogP contribution in [0.1, 0.15) is 11.3 Å². The maximum Gasteiger partial charge on any atom is 0.193 e. The van der Waals surface area contributed by atoms with Gasteiger partial charge in [0.25, 0.3) is 0 Å². The molecule has 0 atom stereocenters. The number of nitrogens with zero attached hydrogens (tertiary/aromatic N) is 3. The van der Waals surface area contributed by atoms with Gasteiger partial charge in [-0.2, -0.15) is 0 Å². The Kier molecular flexibility index (Phi) is 3.05. The second-order valence-corrected chi connectivity index (χ2v) is 4.51. The van der Waals surface area contributed by atoms with Gasteiger partial charge >= 0.3 is 0 Å². The first-order chi connectivity index (χ1) is 7.63. The summed E-state index contributed by atoms with van der Waals surface area (Å²) in [5.41, 5.74) is 8.27. The van der Waals surface area contributed by atoms with E-state index in [1.165, 1.54) is 17.3 Å². The highest BCUT2D eigenvalue weighted by atomic mass is 32.2. The van der Waals surface area contributed by atoms with E-state index in [0.29, 0.717) is 10.8 Å². The molecule has 5 heteroatoms. The molecule has 0 aromatic carbocycles. The van der Waals surface area contributed by atoms with E-state index < -0.39 is 0 Å². The minimum Gasteiger partial charge on any atom is -0.396 e. The molecule has 0 aliphatic carbocycles. The zero-order valence-electron chi connectivity index (χ0n) is 9.14. The lowest BCUT2D eigenvalue weighted by molar-refractivity contribution is 0.958. The monoisotopic (exact) mass is 232 g/mol. The summed E-state index contributed by atoms with van der Waals surface area (Å²) in [4.78, 5) is 12.6. The van der Waals surface area contributed by atoms with Crippen molar-refractivity contribution in [3.05, 3.63) is 35.8 Å². The van der Waals surface area contributed by atoms with Crippen LogP contribution in [0, 0.1) is 13.8 Å². The molecule has 0 unspecified atom stereocenters. The SMILES string of the molecule is Cc1cc(C)nc(Sc2ncc(N)cn2)c1. The normalized spacial score (nSPS) is 10.4. The van der Waals surface area contributed by atoms with E-state index in [1.807, 2.05) is 26.0 Å². The van der Waals surface area contributed by atoms with E-state index in [-0.39, 0.29) is 0 Å². The van der Waals surface area contributed by atoms with Gasteiger partial charge in [0.2, 0.25) is 0 Å². The van der Waals surface area contributed by atoms with Crippen molar-refractivity contribution in [2.75, 3.05) is 5.73 Å². The second kappa shape index (κ2) is 4.49. The van der Waals surface area contributed by atoms with Gasteiger partial charge in [-0.1, -0.05) is 0 Å². The maximum absolute atomic E-state index is 5.52. The predicted molar refractivity (Wildman–Crippen MR) is 64.3 cm³/mol. The highest BCUT2D eigenvalue weighted by molar-refractivity contribution is 7.99. The molecule has 0 aliphatic heterocycles. The molecular formula is C11H12N4S. The second-order valence-electron chi connectivity index (χ2n) is 3.53. The molecule has 0 aliphatic rings. The van der Waals surface area contributed by atoms with Crippen LogP contribution < -0.4 is 5.73 Å². The van der Waals surface area contributed by atoms with Crippen LogP contribution in [0.4, 0.5) is 5.69 Å². The van der Waals surface area contributed by atoms with Crippen LogP contribution in [0.15, 0.2) is 34.7 Å². The Morgan fingerprint density at radius 1 is 1.12 bits per heavy atom. The molecule has 0 bridgehead atoms. The number of nitrogen functional groups attached to an aromatic ring is 1. The van der Waals surface area contributed by atoms with E-state index in [0.717, 1.165) is 10.7 Å². The van der Waals surface area contributed by atoms with E-state index >= 15 is 0 Å². The molecule has 2 heterocycles. The number of aryl methyl sites for hydroxylation is 2. The van der Waals surface area contributed by atoms with E-state index in [4.69, 9.17) is 5.73 Å². The lowest BCUT2D eigenvalue weighted by Crippen LogP contribution is -1.92. The van der Waals surface area contributed by atoms with Crippen LogP contribution in [0.25, 0.3) is 0 Å². The quantitative estimate of drug-likeness (QED) is 0.804. The van der Waals surface area contributed by atoms with Crippen LogP contribution in [0.2, 0.25) is 0 Å². The number of nitrogens with two attached hydrogens (primary N) is 1. The van der Waals surface area contributed by atoms with Gasteiger partial charge in [-0.15, -0.1) is 0 Å². The Balaban J connectivity index is 2.23. The van der Waals surface area contributed by atoms with Gasteiger partial charge in [0.1, 0.15) is 5.03 Å². The molecule has 2 rings (SSSR count). The lowest BCUT2D eigenvalue weighted by Gasteiger charge is -2.02. The number of pyridine rings is 1. The molecule has 2 N–H and O–H groups in total. The van der Waals surface area contributed by atoms with E-state index in [1.54, 1.807) is 12.4 Å². The van der Waals surface area contributed by atoms with Crippen LogP contribution >= 0.6 is 11.8 Å². The molecule has 0 fully saturated rings. The van der Waals surface area contributed by atoms with Gasteiger partial charge in [0.05, 0.1) is 18.1 Å². The molecule has 2 aromatic rings. The molecule has 2 aromatic heterocycles. The van der Waals surface area contributed by atoms with Crippen molar-refractivity contribution in [3.8, 4) is 0 Å². The highest BCUT2D eigenvalue weighted by Gasteiger charge is 2.03. The summed E-state index contributed by atoms with van der Waals surface area (Å²) in [7, 11) is 0. The summed E-state index contributed by atoms with van der Waals surface area (Å²) in [6, 6.07) is 4.05. The fraction of sp³-hybridized carbons (Fsp3) is 0.182. The molecule has 0 spiro atoms. The van der Waals surface area contributed by atoms with Gasteiger partial charge in [0, 0.05) is 5.69 Å². The minimum absolute atomic E-state index is 0.567. The van der Waals surface area contributed by atoms with Crippen LogP contribution in [0.3, 0.4) is 0 Å². The summed E-state index contributed by atoms with van der Waals surface area (Å²) in [5, 5.41) is 1.56. The van der Waals surface area contributed by atoms with Gasteiger partial charge < -0.3 is 5.73 Å². The van der Waals surface area contributed by atoms with E-state index in [9.17, 15) is 0 Å². The zero-order valence-corrected chi connectivity index (χ0v) is 9.95. The number of hydrogen-bond acceptors (Lipinski definition) is 5. The zero-order chi connectivity index (χ0) is 11.5. The largest absolute Gasteiger partial charge is 0.396 e. The Bertz CT molecular complexity index is 476. The van der Waals surface area contributed by atoms with Gasteiger partial charge in [-0.3, -0.25) is 0 Å². The molecule has 16 heavy (non-hydrogen) atoms. The Morgan fingerprint density at radius 2 is 1.81 bits per heavy atom. The lowest BCUT2D eigenvalue weighted by atomic mass is 10.3.